The van der Waals surface area contributed by atoms with Crippen LogP contribution in [0.15, 0.2) is 59.6 Å². The Bertz CT molecular complexity index is 1060. The molecule has 3 aromatic carbocycles. The van der Waals surface area contributed by atoms with Crippen LogP contribution in [0.5, 0.6) is 5.75 Å². The summed E-state index contributed by atoms with van der Waals surface area (Å²) in [6, 6.07) is 19.5. The zero-order chi connectivity index (χ0) is 19.9. The van der Waals surface area contributed by atoms with Crippen LogP contribution in [0.25, 0.3) is 10.8 Å². The van der Waals surface area contributed by atoms with Crippen LogP contribution in [0.4, 0.5) is 0 Å². The first-order valence-corrected chi connectivity index (χ1v) is 10.2. The Morgan fingerprint density at radius 1 is 1.04 bits per heavy atom. The predicted molar refractivity (Wildman–Crippen MR) is 119 cm³/mol. The molecule has 1 aliphatic rings. The van der Waals surface area contributed by atoms with Gasteiger partial charge in [-0.3, -0.25) is 4.99 Å². The second-order valence-corrected chi connectivity index (χ2v) is 8.85. The van der Waals surface area contributed by atoms with Crippen molar-refractivity contribution in [3.63, 3.8) is 0 Å². The molecule has 0 atom stereocenters. The molecule has 1 heterocycles. The largest absolute Gasteiger partial charge is 0.487 e. The van der Waals surface area contributed by atoms with Gasteiger partial charge in [-0.2, -0.15) is 0 Å². The summed E-state index contributed by atoms with van der Waals surface area (Å²) >= 11 is 0. The monoisotopic (exact) mass is 371 g/mol. The van der Waals surface area contributed by atoms with Gasteiger partial charge in [0.2, 0.25) is 0 Å². The van der Waals surface area contributed by atoms with E-state index < -0.39 is 0 Å². The molecular formula is C26H29NO. The molecule has 28 heavy (non-hydrogen) atoms. The fraction of sp³-hybridized carbons (Fsp3) is 0.346. The molecule has 0 fully saturated rings. The van der Waals surface area contributed by atoms with E-state index in [1.54, 1.807) is 0 Å². The second kappa shape index (κ2) is 7.09. The third kappa shape index (κ3) is 3.56. The van der Waals surface area contributed by atoms with Gasteiger partial charge in [-0.05, 0) is 66.6 Å². The SMILES string of the molecule is Cc1ccc(C(C)C)c(OCC2=NC(C)(C)Cc3c2ccc2ccccc32)c1. The normalized spacial score (nSPS) is 15.4. The Morgan fingerprint density at radius 3 is 2.61 bits per heavy atom. The molecule has 0 saturated heterocycles. The zero-order valence-electron chi connectivity index (χ0n) is 17.5. The van der Waals surface area contributed by atoms with E-state index in [1.165, 1.54) is 33.0 Å². The van der Waals surface area contributed by atoms with Gasteiger partial charge in [0.25, 0.3) is 0 Å². The van der Waals surface area contributed by atoms with Crippen LogP contribution in [-0.2, 0) is 6.42 Å². The molecule has 3 aromatic rings. The molecule has 0 saturated carbocycles. The van der Waals surface area contributed by atoms with Crippen molar-refractivity contribution < 1.29 is 4.74 Å². The molecular weight excluding hydrogens is 342 g/mol. The molecule has 0 amide bonds. The van der Waals surface area contributed by atoms with E-state index in [4.69, 9.17) is 9.73 Å². The highest BCUT2D eigenvalue weighted by atomic mass is 16.5. The van der Waals surface area contributed by atoms with Crippen LogP contribution in [0.3, 0.4) is 0 Å². The summed E-state index contributed by atoms with van der Waals surface area (Å²) in [6.45, 7) is 11.5. The Hall–Kier alpha value is -2.61. The minimum atomic E-state index is -0.122. The third-order valence-corrected chi connectivity index (χ3v) is 5.55. The molecule has 4 rings (SSSR count). The quantitative estimate of drug-likeness (QED) is 0.515. The van der Waals surface area contributed by atoms with Crippen LogP contribution in [0.1, 0.15) is 55.9 Å². The lowest BCUT2D eigenvalue weighted by Crippen LogP contribution is -2.31. The van der Waals surface area contributed by atoms with Crippen molar-refractivity contribution in [2.24, 2.45) is 4.99 Å². The van der Waals surface area contributed by atoms with Gasteiger partial charge < -0.3 is 4.74 Å². The van der Waals surface area contributed by atoms with Gasteiger partial charge in [0.15, 0.2) is 0 Å². The van der Waals surface area contributed by atoms with Crippen molar-refractivity contribution in [3.8, 4) is 5.75 Å². The number of benzene rings is 3. The van der Waals surface area contributed by atoms with Crippen LogP contribution in [-0.4, -0.2) is 17.9 Å². The molecule has 2 nitrogen and oxygen atoms in total. The summed E-state index contributed by atoms with van der Waals surface area (Å²) in [5.74, 6) is 1.40. The fourth-order valence-corrected chi connectivity index (χ4v) is 4.19. The lowest BCUT2D eigenvalue weighted by atomic mass is 9.84. The molecule has 0 spiro atoms. The summed E-state index contributed by atoms with van der Waals surface area (Å²) in [7, 11) is 0. The van der Waals surface area contributed by atoms with Gasteiger partial charge in [0.05, 0.1) is 11.3 Å². The lowest BCUT2D eigenvalue weighted by Gasteiger charge is -2.30. The number of ether oxygens (including phenoxy) is 1. The summed E-state index contributed by atoms with van der Waals surface area (Å²) in [5, 5.41) is 2.62. The molecule has 0 N–H and O–H groups in total. The van der Waals surface area contributed by atoms with Gasteiger partial charge in [-0.1, -0.05) is 62.4 Å². The zero-order valence-corrected chi connectivity index (χ0v) is 17.5. The van der Waals surface area contributed by atoms with Crippen LogP contribution in [0, 0.1) is 6.92 Å². The molecule has 144 valence electrons. The topological polar surface area (TPSA) is 21.6 Å². The van der Waals surface area contributed by atoms with E-state index in [0.717, 1.165) is 17.9 Å². The Labute approximate surface area is 168 Å². The number of aryl methyl sites for hydroxylation is 1. The highest BCUT2D eigenvalue weighted by Crippen LogP contribution is 2.33. The summed E-state index contributed by atoms with van der Waals surface area (Å²) in [6.07, 6.45) is 0.953. The van der Waals surface area contributed by atoms with E-state index in [1.807, 2.05) is 0 Å². The minimum absolute atomic E-state index is 0.122. The first kappa shape index (κ1) is 18.7. The first-order valence-electron chi connectivity index (χ1n) is 10.2. The van der Waals surface area contributed by atoms with Crippen LogP contribution >= 0.6 is 0 Å². The molecule has 0 radical (unpaired) electrons. The maximum atomic E-state index is 6.35. The van der Waals surface area contributed by atoms with Crippen LogP contribution < -0.4 is 4.74 Å². The van der Waals surface area contributed by atoms with Crippen molar-refractivity contribution >= 4 is 16.5 Å². The molecule has 1 aliphatic heterocycles. The van der Waals surface area contributed by atoms with Gasteiger partial charge >= 0.3 is 0 Å². The molecule has 0 unspecified atom stereocenters. The first-order chi connectivity index (χ1) is 13.3. The highest BCUT2D eigenvalue weighted by molar-refractivity contribution is 6.07. The number of fused-ring (bicyclic) bond motifs is 3. The molecule has 0 aliphatic carbocycles. The predicted octanol–water partition coefficient (Wildman–Crippen LogP) is 6.47. The maximum Gasteiger partial charge on any atom is 0.130 e. The summed E-state index contributed by atoms with van der Waals surface area (Å²) in [5.41, 5.74) is 6.02. The molecule has 2 heteroatoms. The van der Waals surface area contributed by atoms with Crippen molar-refractivity contribution in [2.45, 2.75) is 52.5 Å². The Balaban J connectivity index is 1.72. The summed E-state index contributed by atoms with van der Waals surface area (Å²) < 4.78 is 6.35. The van der Waals surface area contributed by atoms with E-state index >= 15 is 0 Å². The number of aliphatic imine (C=N–C) groups is 1. The lowest BCUT2D eigenvalue weighted by molar-refractivity contribution is 0.366. The molecule has 0 bridgehead atoms. The fourth-order valence-electron chi connectivity index (χ4n) is 4.19. The van der Waals surface area contributed by atoms with Crippen molar-refractivity contribution in [1.82, 2.24) is 0 Å². The second-order valence-electron chi connectivity index (χ2n) is 8.85. The van der Waals surface area contributed by atoms with Gasteiger partial charge in [-0.25, -0.2) is 0 Å². The van der Waals surface area contributed by atoms with Crippen LogP contribution in [0.2, 0.25) is 0 Å². The smallest absolute Gasteiger partial charge is 0.130 e. The third-order valence-electron chi connectivity index (χ3n) is 5.55. The standard InChI is InChI=1S/C26H29NO/c1-17(2)20-12-10-18(3)14-25(20)28-16-24-22-13-11-19-8-6-7-9-21(19)23(22)15-26(4,5)27-24/h6-14,17H,15-16H2,1-5H3. The number of rotatable bonds is 4. The van der Waals surface area contributed by atoms with E-state index in [9.17, 15) is 0 Å². The van der Waals surface area contributed by atoms with Gasteiger partial charge in [0, 0.05) is 5.56 Å². The van der Waals surface area contributed by atoms with E-state index in [2.05, 4.69) is 89.2 Å². The average Bonchev–Trinajstić information content (AvgIpc) is 2.65. The van der Waals surface area contributed by atoms with Crippen molar-refractivity contribution in [3.05, 3.63) is 76.9 Å². The number of hydrogen-bond acceptors (Lipinski definition) is 2. The van der Waals surface area contributed by atoms with Gasteiger partial charge in [0.1, 0.15) is 12.4 Å². The minimum Gasteiger partial charge on any atom is -0.487 e. The van der Waals surface area contributed by atoms with Crippen molar-refractivity contribution in [1.29, 1.82) is 0 Å². The average molecular weight is 372 g/mol. The van der Waals surface area contributed by atoms with E-state index in [0.29, 0.717) is 12.5 Å². The summed E-state index contributed by atoms with van der Waals surface area (Å²) in [4.78, 5) is 5.07. The Morgan fingerprint density at radius 2 is 1.82 bits per heavy atom. The highest BCUT2D eigenvalue weighted by Gasteiger charge is 2.28. The van der Waals surface area contributed by atoms with E-state index in [-0.39, 0.29) is 5.54 Å². The number of nitrogens with zero attached hydrogens (tertiary/aromatic N) is 1. The Kier molecular flexibility index (Phi) is 4.74. The van der Waals surface area contributed by atoms with Crippen molar-refractivity contribution in [2.75, 3.05) is 6.61 Å². The number of hydrogen-bond donors (Lipinski definition) is 0. The maximum absolute atomic E-state index is 6.35. The van der Waals surface area contributed by atoms with Gasteiger partial charge in [-0.15, -0.1) is 0 Å². The molecule has 0 aromatic heterocycles.